The third-order valence-corrected chi connectivity index (χ3v) is 4.83. The van der Waals surface area contributed by atoms with E-state index in [1.807, 2.05) is 7.05 Å². The Kier molecular flexibility index (Phi) is 6.50. The van der Waals surface area contributed by atoms with Crippen molar-refractivity contribution in [2.24, 2.45) is 13.0 Å². The second-order valence-corrected chi connectivity index (χ2v) is 6.42. The summed E-state index contributed by atoms with van der Waals surface area (Å²) in [6.45, 7) is 3.41. The molecular formula is C14H24N4O2S. The average Bonchev–Trinajstić information content (AvgIpc) is 2.88. The molecule has 21 heavy (non-hydrogen) atoms. The van der Waals surface area contributed by atoms with E-state index in [1.54, 1.807) is 4.68 Å². The van der Waals surface area contributed by atoms with Gasteiger partial charge in [0.2, 0.25) is 5.91 Å². The topological polar surface area (TPSA) is 69.0 Å². The van der Waals surface area contributed by atoms with Crippen LogP contribution in [0.25, 0.3) is 0 Å². The maximum atomic E-state index is 11.7. The fourth-order valence-corrected chi connectivity index (χ4v) is 3.25. The zero-order chi connectivity index (χ0) is 15.1. The molecule has 118 valence electrons. The Morgan fingerprint density at radius 1 is 1.52 bits per heavy atom. The summed E-state index contributed by atoms with van der Waals surface area (Å²) in [6, 6.07) is 0. The summed E-state index contributed by atoms with van der Waals surface area (Å²) in [5.41, 5.74) is 0. The van der Waals surface area contributed by atoms with Crippen LogP contribution in [0.3, 0.4) is 0 Å². The van der Waals surface area contributed by atoms with Crippen LogP contribution in [0.1, 0.15) is 32.6 Å². The second kappa shape index (κ2) is 8.38. The maximum absolute atomic E-state index is 11.7. The molecule has 0 radical (unpaired) electrons. The molecule has 1 N–H and O–H groups in total. The Morgan fingerprint density at radius 3 is 3.05 bits per heavy atom. The first-order chi connectivity index (χ1) is 10.2. The van der Waals surface area contributed by atoms with Crippen molar-refractivity contribution in [3.63, 3.8) is 0 Å². The summed E-state index contributed by atoms with van der Waals surface area (Å²) >= 11 is 1.38. The maximum Gasteiger partial charge on any atom is 0.230 e. The molecule has 1 aliphatic carbocycles. The van der Waals surface area contributed by atoms with Gasteiger partial charge in [-0.25, -0.2) is 9.67 Å². The minimum atomic E-state index is 0.00305. The first-order valence-electron chi connectivity index (χ1n) is 7.52. The number of aryl methyl sites for hydroxylation is 1. The number of thioether (sulfide) groups is 1. The second-order valence-electron chi connectivity index (χ2n) is 5.48. The number of ether oxygens (including phenoxy) is 1. The van der Waals surface area contributed by atoms with Gasteiger partial charge in [-0.1, -0.05) is 31.5 Å². The van der Waals surface area contributed by atoms with Gasteiger partial charge < -0.3 is 10.1 Å². The minimum Gasteiger partial charge on any atom is -0.376 e. The van der Waals surface area contributed by atoms with Crippen molar-refractivity contribution in [3.05, 3.63) is 6.33 Å². The Balaban J connectivity index is 1.56. The van der Waals surface area contributed by atoms with Crippen molar-refractivity contribution in [2.45, 2.75) is 43.9 Å². The summed E-state index contributed by atoms with van der Waals surface area (Å²) in [6.07, 6.45) is 6.83. The molecule has 0 aromatic carbocycles. The zero-order valence-corrected chi connectivity index (χ0v) is 13.6. The molecule has 0 unspecified atom stereocenters. The highest BCUT2D eigenvalue weighted by Crippen LogP contribution is 2.25. The molecule has 1 aromatic heterocycles. The Labute approximate surface area is 130 Å². The van der Waals surface area contributed by atoms with E-state index in [9.17, 15) is 4.79 Å². The monoisotopic (exact) mass is 312 g/mol. The SMILES string of the molecule is C[C@@H]1CCCC[C@@H]1OCCNC(=O)CSc1ncnn1C. The number of amides is 1. The largest absolute Gasteiger partial charge is 0.376 e. The van der Waals surface area contributed by atoms with Crippen molar-refractivity contribution in [3.8, 4) is 0 Å². The molecule has 7 heteroatoms. The summed E-state index contributed by atoms with van der Waals surface area (Å²) in [4.78, 5) is 15.8. The lowest BCUT2D eigenvalue weighted by Gasteiger charge is -2.28. The van der Waals surface area contributed by atoms with E-state index in [4.69, 9.17) is 4.74 Å². The smallest absolute Gasteiger partial charge is 0.230 e. The third-order valence-electron chi connectivity index (χ3n) is 3.79. The van der Waals surface area contributed by atoms with E-state index in [2.05, 4.69) is 22.3 Å². The number of rotatable bonds is 7. The Bertz CT molecular complexity index is 452. The highest BCUT2D eigenvalue weighted by atomic mass is 32.2. The quantitative estimate of drug-likeness (QED) is 0.612. The van der Waals surface area contributed by atoms with Crippen molar-refractivity contribution in [2.75, 3.05) is 18.9 Å². The van der Waals surface area contributed by atoms with Gasteiger partial charge in [0.1, 0.15) is 6.33 Å². The fraction of sp³-hybridized carbons (Fsp3) is 0.786. The van der Waals surface area contributed by atoms with E-state index < -0.39 is 0 Å². The van der Waals surface area contributed by atoms with Gasteiger partial charge >= 0.3 is 0 Å². The molecular weight excluding hydrogens is 288 g/mol. The van der Waals surface area contributed by atoms with Gasteiger partial charge in [0.15, 0.2) is 5.16 Å². The molecule has 2 rings (SSSR count). The number of hydrogen-bond acceptors (Lipinski definition) is 5. The Morgan fingerprint density at radius 2 is 2.33 bits per heavy atom. The first-order valence-corrected chi connectivity index (χ1v) is 8.50. The highest BCUT2D eigenvalue weighted by Gasteiger charge is 2.21. The normalized spacial score (nSPS) is 22.2. The lowest BCUT2D eigenvalue weighted by atomic mass is 9.88. The molecule has 1 saturated carbocycles. The molecule has 2 atom stereocenters. The molecule has 1 fully saturated rings. The van der Waals surface area contributed by atoms with Gasteiger partial charge in [-0.05, 0) is 18.8 Å². The van der Waals surface area contributed by atoms with E-state index in [-0.39, 0.29) is 5.91 Å². The van der Waals surface area contributed by atoms with Gasteiger partial charge in [0.25, 0.3) is 0 Å². The summed E-state index contributed by atoms with van der Waals surface area (Å²) in [5, 5.41) is 7.59. The van der Waals surface area contributed by atoms with Gasteiger partial charge in [-0.2, -0.15) is 5.10 Å². The molecule has 0 spiro atoms. The molecule has 0 bridgehead atoms. The predicted octanol–water partition coefficient (Wildman–Crippen LogP) is 1.62. The number of nitrogens with zero attached hydrogens (tertiary/aromatic N) is 3. The molecule has 0 saturated heterocycles. The summed E-state index contributed by atoms with van der Waals surface area (Å²) < 4.78 is 7.53. The van der Waals surface area contributed by atoms with Gasteiger partial charge in [0.05, 0.1) is 18.5 Å². The molecule has 1 aliphatic rings. The number of hydrogen-bond donors (Lipinski definition) is 1. The van der Waals surface area contributed by atoms with Crippen molar-refractivity contribution >= 4 is 17.7 Å². The zero-order valence-electron chi connectivity index (χ0n) is 12.7. The average molecular weight is 312 g/mol. The number of carbonyl (C=O) groups is 1. The van der Waals surface area contributed by atoms with E-state index in [0.29, 0.717) is 30.9 Å². The van der Waals surface area contributed by atoms with Gasteiger partial charge in [-0.3, -0.25) is 4.79 Å². The third kappa shape index (κ3) is 5.32. The lowest BCUT2D eigenvalue weighted by Crippen LogP contribution is -2.32. The minimum absolute atomic E-state index is 0.00305. The van der Waals surface area contributed by atoms with E-state index in [0.717, 1.165) is 11.6 Å². The van der Waals surface area contributed by atoms with Crippen molar-refractivity contribution in [1.82, 2.24) is 20.1 Å². The van der Waals surface area contributed by atoms with Crippen LogP contribution >= 0.6 is 11.8 Å². The van der Waals surface area contributed by atoms with E-state index in [1.165, 1.54) is 37.4 Å². The molecule has 1 heterocycles. The fourth-order valence-electron chi connectivity index (χ4n) is 2.53. The van der Waals surface area contributed by atoms with Crippen LogP contribution in [-0.2, 0) is 16.6 Å². The first kappa shape index (κ1) is 16.3. The standard InChI is InChI=1S/C14H24N4O2S/c1-11-5-3-4-6-12(11)20-8-7-15-13(19)9-21-14-16-10-17-18(14)2/h10-12H,3-9H2,1-2H3,(H,15,19)/t11-,12+/m1/s1. The summed E-state index contributed by atoms with van der Waals surface area (Å²) in [5.74, 6) is 0.996. The van der Waals surface area contributed by atoms with Crippen molar-refractivity contribution < 1.29 is 9.53 Å². The lowest BCUT2D eigenvalue weighted by molar-refractivity contribution is -0.119. The van der Waals surface area contributed by atoms with Crippen LogP contribution in [-0.4, -0.2) is 45.7 Å². The highest BCUT2D eigenvalue weighted by molar-refractivity contribution is 7.99. The molecule has 0 aliphatic heterocycles. The van der Waals surface area contributed by atoms with Crippen molar-refractivity contribution in [1.29, 1.82) is 0 Å². The van der Waals surface area contributed by atoms with E-state index >= 15 is 0 Å². The number of carbonyl (C=O) groups excluding carboxylic acids is 1. The van der Waals surface area contributed by atoms with Crippen LogP contribution in [0, 0.1) is 5.92 Å². The van der Waals surface area contributed by atoms with Gasteiger partial charge in [0, 0.05) is 13.6 Å². The molecule has 1 aromatic rings. The predicted molar refractivity (Wildman–Crippen MR) is 82.1 cm³/mol. The van der Waals surface area contributed by atoms with Crippen LogP contribution < -0.4 is 5.32 Å². The molecule has 1 amide bonds. The summed E-state index contributed by atoms with van der Waals surface area (Å²) in [7, 11) is 1.81. The van der Waals surface area contributed by atoms with Crippen LogP contribution in [0.4, 0.5) is 0 Å². The van der Waals surface area contributed by atoms with Crippen LogP contribution in [0.15, 0.2) is 11.5 Å². The van der Waals surface area contributed by atoms with Gasteiger partial charge in [-0.15, -0.1) is 0 Å². The number of nitrogens with one attached hydrogen (secondary N) is 1. The number of aromatic nitrogens is 3. The van der Waals surface area contributed by atoms with Crippen LogP contribution in [0.5, 0.6) is 0 Å². The Hall–Kier alpha value is -1.08. The van der Waals surface area contributed by atoms with Crippen LogP contribution in [0.2, 0.25) is 0 Å². The molecule has 6 nitrogen and oxygen atoms in total.